The quantitative estimate of drug-likeness (QED) is 0.886. The highest BCUT2D eigenvalue weighted by molar-refractivity contribution is 6.00. The van der Waals surface area contributed by atoms with Crippen LogP contribution in [0.4, 0.5) is 0 Å². The highest BCUT2D eigenvalue weighted by atomic mass is 16.5. The number of methoxy groups -OCH3 is 1. The maximum Gasteiger partial charge on any atom is 0.255 e. The topological polar surface area (TPSA) is 72.3 Å². The Morgan fingerprint density at radius 1 is 1.31 bits per heavy atom. The summed E-state index contributed by atoms with van der Waals surface area (Å²) in [5, 5.41) is 11.4. The zero-order chi connectivity index (χ0) is 18.1. The zero-order valence-electron chi connectivity index (χ0n) is 15.6. The minimum absolute atomic E-state index is 0.0901. The largest absolute Gasteiger partial charge is 0.496 e. The first kappa shape index (κ1) is 17.3. The molecule has 2 aliphatic rings. The molecule has 1 saturated heterocycles. The predicted octanol–water partition coefficient (Wildman–Crippen LogP) is 1.97. The third kappa shape index (κ3) is 3.67. The first-order chi connectivity index (χ1) is 12.6. The first-order valence-electron chi connectivity index (χ1n) is 9.54. The monoisotopic (exact) mass is 357 g/mol. The summed E-state index contributed by atoms with van der Waals surface area (Å²) in [6.45, 7) is 3.27. The van der Waals surface area contributed by atoms with Crippen LogP contribution in [-0.2, 0) is 7.05 Å². The van der Waals surface area contributed by atoms with Crippen molar-refractivity contribution in [3.63, 3.8) is 0 Å². The van der Waals surface area contributed by atoms with Gasteiger partial charge >= 0.3 is 0 Å². The predicted molar refractivity (Wildman–Crippen MR) is 99.3 cm³/mol. The van der Waals surface area contributed by atoms with E-state index in [-0.39, 0.29) is 11.9 Å². The van der Waals surface area contributed by atoms with Crippen molar-refractivity contribution in [2.75, 3.05) is 26.7 Å². The maximum atomic E-state index is 12.9. The molecule has 1 aromatic carbocycles. The van der Waals surface area contributed by atoms with E-state index in [0.717, 1.165) is 37.4 Å². The molecule has 2 aromatic rings. The van der Waals surface area contributed by atoms with E-state index >= 15 is 0 Å². The van der Waals surface area contributed by atoms with Gasteiger partial charge in [0.15, 0.2) is 0 Å². The van der Waals surface area contributed by atoms with Gasteiger partial charge in [0.25, 0.3) is 5.91 Å². The first-order valence-corrected chi connectivity index (χ1v) is 9.54. The summed E-state index contributed by atoms with van der Waals surface area (Å²) in [4.78, 5) is 15.5. The number of likely N-dealkylation sites (tertiary alicyclic amines) is 1. The number of rotatable bonds is 5. The van der Waals surface area contributed by atoms with Gasteiger partial charge in [0.05, 0.1) is 18.2 Å². The maximum absolute atomic E-state index is 12.9. The number of nitrogens with one attached hydrogen (secondary N) is 1. The number of fused-ring (bicyclic) bond motifs is 1. The van der Waals surface area contributed by atoms with E-state index in [9.17, 15) is 4.79 Å². The molecule has 2 heterocycles. The van der Waals surface area contributed by atoms with Gasteiger partial charge in [-0.15, -0.1) is 5.10 Å². The second-order valence-electron chi connectivity index (χ2n) is 7.62. The Balaban J connectivity index is 1.50. The summed E-state index contributed by atoms with van der Waals surface area (Å²) in [5.74, 6) is 1.35. The van der Waals surface area contributed by atoms with E-state index in [4.69, 9.17) is 4.74 Å². The van der Waals surface area contributed by atoms with Crippen LogP contribution in [0.1, 0.15) is 42.5 Å². The number of hydrogen-bond acceptors (Lipinski definition) is 5. The zero-order valence-corrected chi connectivity index (χ0v) is 15.6. The number of carbonyl (C=O) groups is 1. The van der Waals surface area contributed by atoms with Crippen molar-refractivity contribution in [1.29, 1.82) is 0 Å². The van der Waals surface area contributed by atoms with Gasteiger partial charge in [-0.25, -0.2) is 4.68 Å². The van der Waals surface area contributed by atoms with Gasteiger partial charge in [0.2, 0.25) is 0 Å². The summed E-state index contributed by atoms with van der Waals surface area (Å²) in [6, 6.07) is 3.79. The number of amides is 1. The van der Waals surface area contributed by atoms with Gasteiger partial charge in [0.1, 0.15) is 11.3 Å². The number of benzene rings is 1. The lowest BCUT2D eigenvalue weighted by molar-refractivity contribution is 0.0923. The van der Waals surface area contributed by atoms with Crippen LogP contribution >= 0.6 is 0 Å². The van der Waals surface area contributed by atoms with E-state index in [2.05, 4.69) is 20.5 Å². The Hall–Kier alpha value is -2.15. The van der Waals surface area contributed by atoms with Gasteiger partial charge in [-0.2, -0.15) is 0 Å². The molecule has 0 radical (unpaired) electrons. The molecule has 2 fully saturated rings. The van der Waals surface area contributed by atoms with Crippen LogP contribution in [0.3, 0.4) is 0 Å². The fourth-order valence-corrected chi connectivity index (χ4v) is 3.84. The van der Waals surface area contributed by atoms with E-state index in [0.29, 0.717) is 16.8 Å². The third-order valence-electron chi connectivity index (χ3n) is 5.48. The molecule has 1 atom stereocenters. The third-order valence-corrected chi connectivity index (χ3v) is 5.48. The summed E-state index contributed by atoms with van der Waals surface area (Å²) >= 11 is 0. The lowest BCUT2D eigenvalue weighted by atomic mass is 10.1. The lowest BCUT2D eigenvalue weighted by Gasteiger charge is -2.25. The fraction of sp³-hybridized carbons (Fsp3) is 0.632. The van der Waals surface area contributed by atoms with E-state index in [1.54, 1.807) is 17.9 Å². The number of hydrogen-bond donors (Lipinski definition) is 1. The van der Waals surface area contributed by atoms with Crippen LogP contribution in [-0.4, -0.2) is 58.6 Å². The molecule has 1 amide bonds. The normalized spacial score (nSPS) is 21.5. The Morgan fingerprint density at radius 2 is 2.15 bits per heavy atom. The molecule has 7 heteroatoms. The molecule has 4 rings (SSSR count). The molecule has 1 aromatic heterocycles. The van der Waals surface area contributed by atoms with Crippen molar-refractivity contribution in [1.82, 2.24) is 25.2 Å². The SMILES string of the molecule is COc1cc2c(cc1C(=O)N[C@@H]1CCCCN(CC3CC3)C1)nnn2C. The molecule has 7 nitrogen and oxygen atoms in total. The van der Waals surface area contributed by atoms with Gasteiger partial charge in [-0.05, 0) is 44.2 Å². The van der Waals surface area contributed by atoms with E-state index in [1.807, 2.05) is 13.1 Å². The van der Waals surface area contributed by atoms with E-state index in [1.165, 1.54) is 25.8 Å². The van der Waals surface area contributed by atoms with Crippen LogP contribution in [0.2, 0.25) is 0 Å². The Kier molecular flexibility index (Phi) is 4.80. The number of aromatic nitrogens is 3. The fourth-order valence-electron chi connectivity index (χ4n) is 3.84. The van der Waals surface area contributed by atoms with Crippen LogP contribution in [0, 0.1) is 5.92 Å². The van der Waals surface area contributed by atoms with Gasteiger partial charge < -0.3 is 15.0 Å². The number of aryl methyl sites for hydroxylation is 1. The molecule has 0 spiro atoms. The van der Waals surface area contributed by atoms with Gasteiger partial charge in [-0.3, -0.25) is 4.79 Å². The average molecular weight is 357 g/mol. The second kappa shape index (κ2) is 7.23. The van der Waals surface area contributed by atoms with Crippen LogP contribution < -0.4 is 10.1 Å². The van der Waals surface area contributed by atoms with Gasteiger partial charge in [-0.1, -0.05) is 11.6 Å². The molecular formula is C19H27N5O2. The molecule has 1 saturated carbocycles. The van der Waals surface area contributed by atoms with Crippen molar-refractivity contribution in [3.05, 3.63) is 17.7 Å². The van der Waals surface area contributed by atoms with Crippen LogP contribution in [0.25, 0.3) is 11.0 Å². The smallest absolute Gasteiger partial charge is 0.255 e. The minimum atomic E-state index is -0.0901. The Bertz CT molecular complexity index is 799. The van der Waals surface area contributed by atoms with Crippen molar-refractivity contribution in [3.8, 4) is 5.75 Å². The van der Waals surface area contributed by atoms with Gasteiger partial charge in [0, 0.05) is 32.2 Å². The Labute approximate surface area is 153 Å². The van der Waals surface area contributed by atoms with Crippen LogP contribution in [0.5, 0.6) is 5.75 Å². The lowest BCUT2D eigenvalue weighted by Crippen LogP contribution is -2.43. The highest BCUT2D eigenvalue weighted by Gasteiger charge is 2.28. The molecule has 1 aliphatic heterocycles. The molecule has 0 bridgehead atoms. The number of ether oxygens (including phenoxy) is 1. The average Bonchev–Trinajstić information content (AvgIpc) is 3.42. The number of nitrogens with zero attached hydrogens (tertiary/aromatic N) is 4. The summed E-state index contributed by atoms with van der Waals surface area (Å²) in [5.41, 5.74) is 2.08. The van der Waals surface area contributed by atoms with Crippen molar-refractivity contribution in [2.24, 2.45) is 13.0 Å². The number of carbonyl (C=O) groups excluding carboxylic acids is 1. The highest BCUT2D eigenvalue weighted by Crippen LogP contribution is 2.30. The van der Waals surface area contributed by atoms with Crippen molar-refractivity contribution in [2.45, 2.75) is 38.1 Å². The molecular weight excluding hydrogens is 330 g/mol. The minimum Gasteiger partial charge on any atom is -0.496 e. The molecule has 1 N–H and O–H groups in total. The van der Waals surface area contributed by atoms with Crippen molar-refractivity contribution < 1.29 is 9.53 Å². The standard InChI is InChI=1S/C19H27N5O2/c1-23-17-10-18(26-2)15(9-16(17)21-22-23)19(25)20-14-5-3-4-8-24(12-14)11-13-6-7-13/h9-10,13-14H,3-8,11-12H2,1-2H3,(H,20,25)/t14-/m1/s1. The van der Waals surface area contributed by atoms with E-state index < -0.39 is 0 Å². The summed E-state index contributed by atoms with van der Waals surface area (Å²) < 4.78 is 7.14. The summed E-state index contributed by atoms with van der Waals surface area (Å²) in [6.07, 6.45) is 6.13. The molecule has 140 valence electrons. The van der Waals surface area contributed by atoms with Crippen molar-refractivity contribution >= 4 is 16.9 Å². The summed E-state index contributed by atoms with van der Waals surface area (Å²) in [7, 11) is 3.42. The van der Waals surface area contributed by atoms with Crippen LogP contribution in [0.15, 0.2) is 12.1 Å². The Morgan fingerprint density at radius 3 is 2.92 bits per heavy atom. The molecule has 26 heavy (non-hydrogen) atoms. The molecule has 0 unspecified atom stereocenters. The molecule has 1 aliphatic carbocycles. The second-order valence-corrected chi connectivity index (χ2v) is 7.62.